The minimum atomic E-state index is -1.73. The first-order chi connectivity index (χ1) is 17.1. The molecule has 2 aromatic heterocycles. The van der Waals surface area contributed by atoms with Gasteiger partial charge >= 0.3 is 18.0 Å². The molecule has 0 unspecified atom stereocenters. The molecule has 1 aromatic carbocycles. The minimum absolute atomic E-state index is 0.0769. The average molecular weight is 497 g/mol. The van der Waals surface area contributed by atoms with Crippen molar-refractivity contribution in [1.82, 2.24) is 19.4 Å². The molecule has 1 amide bonds. The van der Waals surface area contributed by atoms with Gasteiger partial charge < -0.3 is 23.6 Å². The minimum Gasteiger partial charge on any atom is -0.481 e. The molecule has 11 heteroatoms. The first-order valence-electron chi connectivity index (χ1n) is 11.4. The largest absolute Gasteiger partial charge is 0.481 e. The van der Waals surface area contributed by atoms with Gasteiger partial charge in [0.1, 0.15) is 24.0 Å². The number of oxazole rings is 1. The van der Waals surface area contributed by atoms with Crippen LogP contribution < -0.4 is 0 Å². The molecule has 190 valence electrons. The second-order valence-corrected chi connectivity index (χ2v) is 9.68. The lowest BCUT2D eigenvalue weighted by Crippen LogP contribution is -2.58. The predicted octanol–water partition coefficient (Wildman–Crippen LogP) is 3.44. The van der Waals surface area contributed by atoms with E-state index in [0.29, 0.717) is 0 Å². The number of nitrogens with zero attached hydrogens (tertiary/aromatic N) is 4. The number of rotatable bonds is 7. The van der Waals surface area contributed by atoms with E-state index in [1.54, 1.807) is 55.8 Å². The Morgan fingerprint density at radius 3 is 2.53 bits per heavy atom. The summed E-state index contributed by atoms with van der Waals surface area (Å²) in [7, 11) is 0. The molecule has 0 aliphatic carbocycles. The number of hydrogen-bond acceptors (Lipinski definition) is 8. The molecule has 1 fully saturated rings. The molecule has 0 bridgehead atoms. The average Bonchev–Trinajstić information content (AvgIpc) is 3.58. The first-order valence-corrected chi connectivity index (χ1v) is 11.4. The van der Waals surface area contributed by atoms with E-state index in [1.807, 2.05) is 6.07 Å². The highest BCUT2D eigenvalue weighted by Gasteiger charge is 2.63. The predicted molar refractivity (Wildman–Crippen MR) is 124 cm³/mol. The molecule has 0 radical (unpaired) electrons. The van der Waals surface area contributed by atoms with E-state index in [1.165, 1.54) is 18.7 Å². The molecule has 1 saturated heterocycles. The van der Waals surface area contributed by atoms with Crippen LogP contribution in [0, 0.1) is 5.92 Å². The van der Waals surface area contributed by atoms with Crippen molar-refractivity contribution in [3.63, 3.8) is 0 Å². The Hall–Kier alpha value is -4.15. The van der Waals surface area contributed by atoms with Crippen LogP contribution in [0.1, 0.15) is 44.6 Å². The summed E-state index contributed by atoms with van der Waals surface area (Å²) in [4.78, 5) is 49.1. The Morgan fingerprint density at radius 2 is 1.94 bits per heavy atom. The van der Waals surface area contributed by atoms with Crippen LogP contribution in [0.4, 0.5) is 4.79 Å². The van der Waals surface area contributed by atoms with Crippen LogP contribution in [0.15, 0.2) is 66.1 Å². The molecule has 11 nitrogen and oxygen atoms in total. The maximum absolute atomic E-state index is 13.8. The summed E-state index contributed by atoms with van der Waals surface area (Å²) in [6.07, 6.45) is 5.99. The molecular formula is C25H28N4O7. The number of amides is 1. The maximum Gasteiger partial charge on any atom is 0.411 e. The van der Waals surface area contributed by atoms with Gasteiger partial charge in [-0.3, -0.25) is 9.69 Å². The SMILES string of the molecule is CC(C)(C)OC(=O)[C@]1(Cn2ccnc2)C[C@@H](C(=O)O)[C@H](c2cnco2)N1C(=O)OCc1ccccc1. The number of imidazole rings is 1. The molecule has 4 rings (SSSR count). The standard InChI is InChI=1S/C25H28N4O7/c1-24(2,3)36-22(32)25(14-28-10-9-26-15-28)11-18(21(30)31)20(19-12-27-16-35-19)29(25)23(33)34-13-17-7-5-4-6-8-17/h4-10,12,15-16,18,20H,11,13-14H2,1-3H3,(H,30,31)/t18-,20-,25-/m1/s1. The highest BCUT2D eigenvalue weighted by atomic mass is 16.6. The fourth-order valence-electron chi connectivity index (χ4n) is 4.46. The van der Waals surface area contributed by atoms with Crippen LogP contribution in [0.3, 0.4) is 0 Å². The van der Waals surface area contributed by atoms with E-state index in [9.17, 15) is 19.5 Å². The maximum atomic E-state index is 13.8. The highest BCUT2D eigenvalue weighted by Crippen LogP contribution is 2.49. The third kappa shape index (κ3) is 5.09. The van der Waals surface area contributed by atoms with Crippen molar-refractivity contribution in [2.45, 2.75) is 57.5 Å². The normalized spacial score (nSPS) is 21.8. The number of aliphatic carboxylic acids is 1. The molecule has 3 heterocycles. The van der Waals surface area contributed by atoms with Gasteiger partial charge in [0.25, 0.3) is 0 Å². The molecule has 1 aliphatic rings. The smallest absolute Gasteiger partial charge is 0.411 e. The second-order valence-electron chi connectivity index (χ2n) is 9.68. The lowest BCUT2D eigenvalue weighted by molar-refractivity contribution is -0.169. The van der Waals surface area contributed by atoms with Gasteiger partial charge in [-0.25, -0.2) is 19.6 Å². The quantitative estimate of drug-likeness (QED) is 0.488. The van der Waals surface area contributed by atoms with E-state index in [0.717, 1.165) is 16.9 Å². The first kappa shape index (κ1) is 25.0. The van der Waals surface area contributed by atoms with Gasteiger partial charge in [0.05, 0.1) is 25.0 Å². The van der Waals surface area contributed by atoms with Crippen molar-refractivity contribution in [3.05, 3.63) is 73.0 Å². The fourth-order valence-corrected chi connectivity index (χ4v) is 4.46. The Morgan fingerprint density at radius 1 is 1.19 bits per heavy atom. The number of benzene rings is 1. The van der Waals surface area contributed by atoms with E-state index in [4.69, 9.17) is 13.9 Å². The van der Waals surface area contributed by atoms with E-state index >= 15 is 0 Å². The number of likely N-dealkylation sites (tertiary alicyclic amines) is 1. The summed E-state index contributed by atoms with van der Waals surface area (Å²) in [6, 6.07) is 7.86. The zero-order valence-electron chi connectivity index (χ0n) is 20.2. The van der Waals surface area contributed by atoms with Crippen molar-refractivity contribution in [3.8, 4) is 0 Å². The number of carboxylic acids is 1. The van der Waals surface area contributed by atoms with Crippen molar-refractivity contribution in [2.24, 2.45) is 5.92 Å². The lowest BCUT2D eigenvalue weighted by atomic mass is 9.90. The summed E-state index contributed by atoms with van der Waals surface area (Å²) in [5.74, 6) is -3.03. The van der Waals surface area contributed by atoms with E-state index in [2.05, 4.69) is 9.97 Å². The number of aromatic nitrogens is 3. The molecule has 36 heavy (non-hydrogen) atoms. The van der Waals surface area contributed by atoms with Crippen LogP contribution in [0.2, 0.25) is 0 Å². The molecule has 3 atom stereocenters. The second kappa shape index (κ2) is 9.84. The number of esters is 1. The van der Waals surface area contributed by atoms with E-state index in [-0.39, 0.29) is 25.3 Å². The fraction of sp³-hybridized carbons (Fsp3) is 0.400. The van der Waals surface area contributed by atoms with Crippen molar-refractivity contribution in [1.29, 1.82) is 0 Å². The Labute approximate surface area is 207 Å². The number of ether oxygens (including phenoxy) is 2. The van der Waals surface area contributed by atoms with Crippen LogP contribution >= 0.6 is 0 Å². The van der Waals surface area contributed by atoms with Gasteiger partial charge in [-0.05, 0) is 32.8 Å². The van der Waals surface area contributed by atoms with E-state index < -0.39 is 41.1 Å². The van der Waals surface area contributed by atoms with Crippen LogP contribution in [0.5, 0.6) is 0 Å². The number of carboxylic acid groups (broad SMARTS) is 1. The monoisotopic (exact) mass is 496 g/mol. The molecule has 1 N–H and O–H groups in total. The summed E-state index contributed by atoms with van der Waals surface area (Å²) in [5, 5.41) is 10.2. The third-order valence-corrected chi connectivity index (χ3v) is 5.92. The summed E-state index contributed by atoms with van der Waals surface area (Å²) in [6.45, 7) is 4.92. The van der Waals surface area contributed by atoms with Crippen molar-refractivity contribution >= 4 is 18.0 Å². The Kier molecular flexibility index (Phi) is 6.82. The van der Waals surface area contributed by atoms with Gasteiger partial charge in [-0.15, -0.1) is 0 Å². The Bertz CT molecular complexity index is 1190. The number of hydrogen-bond donors (Lipinski definition) is 1. The summed E-state index contributed by atoms with van der Waals surface area (Å²) >= 11 is 0. The van der Waals surface area contributed by atoms with Crippen molar-refractivity contribution in [2.75, 3.05) is 0 Å². The van der Waals surface area contributed by atoms with Crippen molar-refractivity contribution < 1.29 is 33.4 Å². The van der Waals surface area contributed by atoms with Gasteiger partial charge in [-0.1, -0.05) is 30.3 Å². The molecule has 3 aromatic rings. The topological polar surface area (TPSA) is 137 Å². The van der Waals surface area contributed by atoms with Gasteiger partial charge in [0, 0.05) is 12.4 Å². The van der Waals surface area contributed by atoms with Gasteiger partial charge in [0.15, 0.2) is 11.9 Å². The Balaban J connectivity index is 1.82. The van der Waals surface area contributed by atoms with Gasteiger partial charge in [0.2, 0.25) is 0 Å². The molecular weight excluding hydrogens is 468 g/mol. The van der Waals surface area contributed by atoms with Crippen LogP contribution in [0.25, 0.3) is 0 Å². The number of carbonyl (C=O) groups is 3. The zero-order valence-corrected chi connectivity index (χ0v) is 20.2. The zero-order chi connectivity index (χ0) is 25.9. The third-order valence-electron chi connectivity index (χ3n) is 5.92. The summed E-state index contributed by atoms with van der Waals surface area (Å²) in [5.41, 5.74) is -1.90. The van der Waals surface area contributed by atoms with Gasteiger partial charge in [-0.2, -0.15) is 0 Å². The highest BCUT2D eigenvalue weighted by molar-refractivity contribution is 5.89. The lowest BCUT2D eigenvalue weighted by Gasteiger charge is -2.39. The summed E-state index contributed by atoms with van der Waals surface area (Å²) < 4.78 is 18.4. The number of carbonyl (C=O) groups excluding carboxylic acids is 2. The molecule has 1 aliphatic heterocycles. The molecule has 0 saturated carbocycles. The van der Waals surface area contributed by atoms with Crippen LogP contribution in [-0.2, 0) is 32.2 Å². The molecule has 0 spiro atoms. The van der Waals surface area contributed by atoms with Crippen LogP contribution in [-0.4, -0.2) is 53.7 Å².